The predicted octanol–water partition coefficient (Wildman–Crippen LogP) is 5.66. The number of hydrogen-bond donors (Lipinski definition) is 0. The Morgan fingerprint density at radius 2 is 1.56 bits per heavy atom. The highest BCUT2D eigenvalue weighted by atomic mass is 35.5. The fourth-order valence-electron chi connectivity index (χ4n) is 5.60. The van der Waals surface area contributed by atoms with Crippen molar-refractivity contribution in [2.45, 2.75) is 44.7 Å². The Hall–Kier alpha value is -3.81. The number of carbonyl (C=O) groups excluding carboxylic acids is 2. The molecule has 8 nitrogen and oxygen atoms in total. The molecule has 2 fully saturated rings. The average Bonchev–Trinajstić information content (AvgIpc) is 3.60. The van der Waals surface area contributed by atoms with Crippen LogP contribution in [0.1, 0.15) is 58.5 Å². The van der Waals surface area contributed by atoms with Gasteiger partial charge in [0, 0.05) is 44.7 Å². The molecule has 5 rings (SSSR count). The molecule has 2 saturated heterocycles. The van der Waals surface area contributed by atoms with Gasteiger partial charge in [-0.25, -0.2) is 4.68 Å². The molecule has 2 amide bonds. The number of nitrogens with zero attached hydrogens (tertiary/aromatic N) is 6. The molecule has 0 bridgehead atoms. The van der Waals surface area contributed by atoms with Crippen molar-refractivity contribution in [1.82, 2.24) is 24.8 Å². The van der Waals surface area contributed by atoms with Crippen molar-refractivity contribution in [2.75, 3.05) is 37.6 Å². The van der Waals surface area contributed by atoms with Gasteiger partial charge in [-0.05, 0) is 48.2 Å². The molecule has 3 aromatic rings. The lowest BCUT2D eigenvalue weighted by molar-refractivity contribution is -0.143. The van der Waals surface area contributed by atoms with Crippen molar-refractivity contribution >= 4 is 29.2 Å². The molecule has 3 heterocycles. The average molecular weight is 629 g/mol. The number of anilines is 1. The van der Waals surface area contributed by atoms with E-state index in [1.54, 1.807) is 26.8 Å². The zero-order chi connectivity index (χ0) is 31.1. The summed E-state index contributed by atoms with van der Waals surface area (Å²) < 4.78 is 82.3. The summed E-state index contributed by atoms with van der Waals surface area (Å²) in [4.78, 5) is 30.8. The monoisotopic (exact) mass is 628 g/mol. The Morgan fingerprint density at radius 3 is 2.14 bits per heavy atom. The van der Waals surface area contributed by atoms with Crippen LogP contribution in [0.15, 0.2) is 42.5 Å². The smallest absolute Gasteiger partial charge is 0.351 e. The Labute approximate surface area is 247 Å². The Balaban J connectivity index is 1.54. The fraction of sp³-hybridized carbons (Fsp3) is 0.429. The van der Waals surface area contributed by atoms with E-state index in [4.69, 9.17) is 11.6 Å². The molecule has 0 radical (unpaired) electrons. The molecule has 1 aromatic heterocycles. The van der Waals surface area contributed by atoms with Crippen LogP contribution < -0.4 is 4.90 Å². The Kier molecular flexibility index (Phi) is 8.34. The van der Waals surface area contributed by atoms with Crippen LogP contribution in [-0.4, -0.2) is 69.3 Å². The fourth-order valence-corrected chi connectivity index (χ4v) is 5.86. The summed E-state index contributed by atoms with van der Waals surface area (Å²) in [6.07, 6.45) is -8.71. The number of amides is 2. The third kappa shape index (κ3) is 6.43. The van der Waals surface area contributed by atoms with E-state index in [0.29, 0.717) is 49.6 Å². The standard InChI is InChI=1S/C28H27ClF6N6O2/c1-17(42)38-9-11-39(12-10-38)25-24(26(43)40-8-4-7-23(40)21-5-2-3-6-22(21)29)36-37-41(25)16-18-13-19(27(30,31)32)15-20(14-18)28(33,34)35/h2-3,5-6,13-15,23H,4,7-12,16H2,1H3/t23-/m1/s1. The first-order valence-corrected chi connectivity index (χ1v) is 13.9. The summed E-state index contributed by atoms with van der Waals surface area (Å²) in [5.41, 5.74) is -2.55. The summed E-state index contributed by atoms with van der Waals surface area (Å²) in [6.45, 7) is 2.38. The summed E-state index contributed by atoms with van der Waals surface area (Å²) in [5.74, 6) is -0.479. The van der Waals surface area contributed by atoms with Crippen LogP contribution in [-0.2, 0) is 23.7 Å². The predicted molar refractivity (Wildman–Crippen MR) is 145 cm³/mol. The number of piperazine rings is 1. The highest BCUT2D eigenvalue weighted by Gasteiger charge is 2.39. The molecular formula is C28H27ClF6N6O2. The van der Waals surface area contributed by atoms with Crippen LogP contribution in [0.4, 0.5) is 32.2 Å². The van der Waals surface area contributed by atoms with Crippen molar-refractivity contribution < 1.29 is 35.9 Å². The number of hydrogen-bond acceptors (Lipinski definition) is 5. The van der Waals surface area contributed by atoms with Gasteiger partial charge >= 0.3 is 12.4 Å². The summed E-state index contributed by atoms with van der Waals surface area (Å²) in [6, 6.07) is 8.09. The third-order valence-electron chi connectivity index (χ3n) is 7.69. The molecule has 0 unspecified atom stereocenters. The van der Waals surface area contributed by atoms with Gasteiger partial charge in [0.2, 0.25) is 5.91 Å². The van der Waals surface area contributed by atoms with Gasteiger partial charge in [0.25, 0.3) is 5.91 Å². The molecule has 0 spiro atoms. The van der Waals surface area contributed by atoms with Gasteiger partial charge in [0.1, 0.15) is 0 Å². The molecule has 43 heavy (non-hydrogen) atoms. The van der Waals surface area contributed by atoms with Crippen molar-refractivity contribution in [2.24, 2.45) is 0 Å². The summed E-state index contributed by atoms with van der Waals surface area (Å²) in [7, 11) is 0. The number of carbonyl (C=O) groups is 2. The SMILES string of the molecule is CC(=O)N1CCN(c2c(C(=O)N3CCC[C@@H]3c3ccccc3Cl)nnn2Cc2cc(C(F)(F)F)cc(C(F)(F)F)c2)CC1. The minimum Gasteiger partial charge on any atom is -0.351 e. The van der Waals surface area contributed by atoms with E-state index >= 15 is 0 Å². The van der Waals surface area contributed by atoms with Crippen LogP contribution in [0.25, 0.3) is 0 Å². The Morgan fingerprint density at radius 1 is 0.930 bits per heavy atom. The molecule has 15 heteroatoms. The van der Waals surface area contributed by atoms with E-state index in [9.17, 15) is 35.9 Å². The van der Waals surface area contributed by atoms with Gasteiger partial charge < -0.3 is 14.7 Å². The van der Waals surface area contributed by atoms with Crippen LogP contribution in [0.3, 0.4) is 0 Å². The zero-order valence-electron chi connectivity index (χ0n) is 22.9. The number of benzene rings is 2. The maximum absolute atomic E-state index is 14.0. The van der Waals surface area contributed by atoms with E-state index in [1.165, 1.54) is 6.92 Å². The molecule has 0 saturated carbocycles. The maximum Gasteiger partial charge on any atom is 0.416 e. The van der Waals surface area contributed by atoms with Gasteiger partial charge in [-0.2, -0.15) is 26.3 Å². The maximum atomic E-state index is 14.0. The first-order valence-electron chi connectivity index (χ1n) is 13.5. The molecular weight excluding hydrogens is 602 g/mol. The minimum absolute atomic E-state index is 0.0594. The minimum atomic E-state index is -5.02. The van der Waals surface area contributed by atoms with Gasteiger partial charge in [-0.3, -0.25) is 9.59 Å². The highest BCUT2D eigenvalue weighted by Crippen LogP contribution is 2.39. The van der Waals surface area contributed by atoms with Gasteiger partial charge in [0.05, 0.1) is 23.7 Å². The van der Waals surface area contributed by atoms with Crippen molar-refractivity contribution in [1.29, 1.82) is 0 Å². The first kappa shape index (κ1) is 30.6. The molecule has 0 aliphatic carbocycles. The lowest BCUT2D eigenvalue weighted by atomic mass is 10.0. The van der Waals surface area contributed by atoms with E-state index in [0.717, 1.165) is 10.2 Å². The summed E-state index contributed by atoms with van der Waals surface area (Å²) >= 11 is 6.43. The molecule has 230 valence electrons. The Bertz CT molecular complexity index is 1480. The van der Waals surface area contributed by atoms with E-state index in [2.05, 4.69) is 10.3 Å². The lowest BCUT2D eigenvalue weighted by Gasteiger charge is -2.36. The van der Waals surface area contributed by atoms with Crippen molar-refractivity contribution in [3.05, 3.63) is 75.4 Å². The quantitative estimate of drug-likeness (QED) is 0.341. The van der Waals surface area contributed by atoms with E-state index < -0.39 is 35.9 Å². The lowest BCUT2D eigenvalue weighted by Crippen LogP contribution is -2.49. The summed E-state index contributed by atoms with van der Waals surface area (Å²) in [5, 5.41) is 8.63. The second-order valence-electron chi connectivity index (χ2n) is 10.5. The second-order valence-corrected chi connectivity index (χ2v) is 10.9. The molecule has 1 atom stereocenters. The van der Waals surface area contributed by atoms with Gasteiger partial charge in [-0.15, -0.1) is 5.10 Å². The number of rotatable bonds is 5. The number of aromatic nitrogens is 3. The van der Waals surface area contributed by atoms with Crippen LogP contribution >= 0.6 is 11.6 Å². The normalized spacial score (nSPS) is 18.0. The van der Waals surface area contributed by atoms with Crippen LogP contribution in [0, 0.1) is 0 Å². The number of likely N-dealkylation sites (tertiary alicyclic amines) is 1. The molecule has 2 aliphatic heterocycles. The first-order chi connectivity index (χ1) is 20.2. The van der Waals surface area contributed by atoms with Gasteiger partial charge in [0.15, 0.2) is 11.5 Å². The topological polar surface area (TPSA) is 74.6 Å². The van der Waals surface area contributed by atoms with Crippen molar-refractivity contribution in [3.8, 4) is 0 Å². The van der Waals surface area contributed by atoms with Crippen LogP contribution in [0.2, 0.25) is 5.02 Å². The molecule has 2 aromatic carbocycles. The largest absolute Gasteiger partial charge is 0.416 e. The number of alkyl halides is 6. The van der Waals surface area contributed by atoms with E-state index in [-0.39, 0.29) is 48.2 Å². The third-order valence-corrected chi connectivity index (χ3v) is 8.04. The second kappa shape index (κ2) is 11.7. The molecule has 2 aliphatic rings. The van der Waals surface area contributed by atoms with Crippen LogP contribution in [0.5, 0.6) is 0 Å². The number of halogens is 7. The highest BCUT2D eigenvalue weighted by molar-refractivity contribution is 6.31. The molecule has 0 N–H and O–H groups in total. The zero-order valence-corrected chi connectivity index (χ0v) is 23.7. The van der Waals surface area contributed by atoms with Crippen molar-refractivity contribution in [3.63, 3.8) is 0 Å². The van der Waals surface area contributed by atoms with E-state index in [1.807, 2.05) is 12.1 Å². The van der Waals surface area contributed by atoms with Gasteiger partial charge in [-0.1, -0.05) is 35.0 Å².